The second kappa shape index (κ2) is 10.3. The van der Waals surface area contributed by atoms with Gasteiger partial charge in [-0.25, -0.2) is 0 Å². The summed E-state index contributed by atoms with van der Waals surface area (Å²) in [4.78, 5) is 12.5. The first-order valence-electron chi connectivity index (χ1n) is 7.63. The van der Waals surface area contributed by atoms with Gasteiger partial charge in [-0.2, -0.15) is 0 Å². The number of carbonyl (C=O) groups excluding carboxylic acids is 1. The van der Waals surface area contributed by atoms with Crippen molar-refractivity contribution in [2.75, 3.05) is 5.75 Å². The van der Waals surface area contributed by atoms with Crippen molar-refractivity contribution in [3.8, 4) is 0 Å². The Morgan fingerprint density at radius 3 is 2.45 bits per heavy atom. The van der Waals surface area contributed by atoms with Gasteiger partial charge in [0, 0.05) is 17.6 Å². The van der Waals surface area contributed by atoms with Gasteiger partial charge in [0.15, 0.2) is 0 Å². The molecule has 0 heterocycles. The van der Waals surface area contributed by atoms with Crippen LogP contribution in [0.15, 0.2) is 58.5 Å². The molecule has 0 amide bonds. The summed E-state index contributed by atoms with van der Waals surface area (Å²) < 4.78 is 5.42. The first kappa shape index (κ1) is 18.6. The van der Waals surface area contributed by atoms with E-state index in [1.54, 1.807) is 11.8 Å². The molecule has 0 aliphatic heterocycles. The van der Waals surface area contributed by atoms with Crippen LogP contribution in [0, 0.1) is 0 Å². The number of allylic oxidation sites excluding steroid dienone is 3. The molecule has 1 unspecified atom stereocenters. The summed E-state index contributed by atoms with van der Waals surface area (Å²) in [5, 5.41) is 0. The predicted molar refractivity (Wildman–Crippen MR) is 95.1 cm³/mol. The van der Waals surface area contributed by atoms with Crippen LogP contribution >= 0.6 is 11.8 Å². The smallest absolute Gasteiger partial charge is 0.303 e. The fourth-order valence-corrected chi connectivity index (χ4v) is 2.88. The molecule has 0 spiro atoms. The maximum Gasteiger partial charge on any atom is 0.303 e. The van der Waals surface area contributed by atoms with Crippen molar-refractivity contribution in [3.05, 3.63) is 53.6 Å². The van der Waals surface area contributed by atoms with Crippen LogP contribution in [0.4, 0.5) is 0 Å². The van der Waals surface area contributed by atoms with Crippen molar-refractivity contribution in [1.82, 2.24) is 0 Å². The van der Waals surface area contributed by atoms with E-state index in [0.29, 0.717) is 0 Å². The van der Waals surface area contributed by atoms with Gasteiger partial charge < -0.3 is 4.74 Å². The molecule has 0 aliphatic rings. The van der Waals surface area contributed by atoms with Gasteiger partial charge in [-0.15, -0.1) is 11.8 Å². The fourth-order valence-electron chi connectivity index (χ4n) is 2.01. The molecule has 22 heavy (non-hydrogen) atoms. The fraction of sp³-hybridized carbons (Fsp3) is 0.421. The summed E-state index contributed by atoms with van der Waals surface area (Å²) in [5.41, 5.74) is 2.60. The minimum atomic E-state index is -0.230. The summed E-state index contributed by atoms with van der Waals surface area (Å²) in [7, 11) is 0. The maximum absolute atomic E-state index is 11.3. The molecule has 1 aromatic carbocycles. The lowest BCUT2D eigenvalue weighted by atomic mass is 10.1. The van der Waals surface area contributed by atoms with Crippen LogP contribution < -0.4 is 0 Å². The minimum absolute atomic E-state index is 0.172. The van der Waals surface area contributed by atoms with Gasteiger partial charge in [0.05, 0.1) is 0 Å². The van der Waals surface area contributed by atoms with Gasteiger partial charge in [-0.05, 0) is 51.8 Å². The first-order valence-corrected chi connectivity index (χ1v) is 8.61. The van der Waals surface area contributed by atoms with Gasteiger partial charge in [0.1, 0.15) is 6.10 Å². The van der Waals surface area contributed by atoms with Gasteiger partial charge in [-0.1, -0.05) is 35.4 Å². The van der Waals surface area contributed by atoms with E-state index in [1.165, 1.54) is 23.0 Å². The van der Waals surface area contributed by atoms with E-state index in [-0.39, 0.29) is 12.1 Å². The minimum Gasteiger partial charge on any atom is -0.457 e. The van der Waals surface area contributed by atoms with Crippen molar-refractivity contribution in [2.45, 2.75) is 51.5 Å². The van der Waals surface area contributed by atoms with Crippen LogP contribution in [0.25, 0.3) is 0 Å². The molecule has 1 aromatic rings. The van der Waals surface area contributed by atoms with E-state index in [9.17, 15) is 4.79 Å². The lowest BCUT2D eigenvalue weighted by Crippen LogP contribution is -2.17. The number of hydrogen-bond donors (Lipinski definition) is 0. The Bertz CT molecular complexity index is 513. The second-order valence-corrected chi connectivity index (χ2v) is 6.70. The Hall–Kier alpha value is -1.48. The monoisotopic (exact) mass is 318 g/mol. The van der Waals surface area contributed by atoms with Crippen LogP contribution in [0.5, 0.6) is 0 Å². The van der Waals surface area contributed by atoms with Crippen LogP contribution in [-0.4, -0.2) is 17.8 Å². The lowest BCUT2D eigenvalue weighted by molar-refractivity contribution is -0.143. The van der Waals surface area contributed by atoms with Gasteiger partial charge >= 0.3 is 5.97 Å². The molecule has 0 bridgehead atoms. The van der Waals surface area contributed by atoms with Crippen LogP contribution in [-0.2, 0) is 9.53 Å². The summed E-state index contributed by atoms with van der Waals surface area (Å²) in [6, 6.07) is 10.2. The molecule has 0 saturated carbocycles. The average Bonchev–Trinajstić information content (AvgIpc) is 2.45. The first-order chi connectivity index (χ1) is 10.5. The number of ether oxygens (including phenoxy) is 1. The highest BCUT2D eigenvalue weighted by atomic mass is 32.2. The van der Waals surface area contributed by atoms with Crippen molar-refractivity contribution in [3.63, 3.8) is 0 Å². The number of rotatable bonds is 8. The topological polar surface area (TPSA) is 26.3 Å². The van der Waals surface area contributed by atoms with Gasteiger partial charge in [0.25, 0.3) is 0 Å². The maximum atomic E-state index is 11.3. The summed E-state index contributed by atoms with van der Waals surface area (Å²) in [6.07, 6.45) is 6.17. The number of carbonyl (C=O) groups is 1. The normalized spacial score (nSPS) is 12.6. The number of thioether (sulfide) groups is 1. The molecule has 1 rings (SSSR count). The number of esters is 1. The van der Waals surface area contributed by atoms with Crippen LogP contribution in [0.1, 0.15) is 40.5 Å². The highest BCUT2D eigenvalue weighted by molar-refractivity contribution is 7.99. The van der Waals surface area contributed by atoms with E-state index in [1.807, 2.05) is 18.2 Å². The molecule has 3 heteroatoms. The predicted octanol–water partition coefficient (Wildman–Crippen LogP) is 5.40. The molecule has 0 N–H and O–H groups in total. The Labute approximate surface area is 138 Å². The third-order valence-electron chi connectivity index (χ3n) is 3.04. The molecular weight excluding hydrogens is 292 g/mol. The molecule has 0 radical (unpaired) electrons. The van der Waals surface area contributed by atoms with Crippen molar-refractivity contribution in [1.29, 1.82) is 0 Å². The molecule has 2 nitrogen and oxygen atoms in total. The Kier molecular flexibility index (Phi) is 8.68. The Balaban J connectivity index is 2.59. The van der Waals surface area contributed by atoms with E-state index >= 15 is 0 Å². The number of hydrogen-bond acceptors (Lipinski definition) is 3. The van der Waals surface area contributed by atoms with E-state index < -0.39 is 0 Å². The highest BCUT2D eigenvalue weighted by Gasteiger charge is 2.10. The third-order valence-corrected chi connectivity index (χ3v) is 4.14. The van der Waals surface area contributed by atoms with E-state index in [2.05, 4.69) is 45.1 Å². The van der Waals surface area contributed by atoms with Gasteiger partial charge in [-0.3, -0.25) is 4.79 Å². The van der Waals surface area contributed by atoms with Crippen LogP contribution in [0.3, 0.4) is 0 Å². The molecule has 120 valence electrons. The summed E-state index contributed by atoms with van der Waals surface area (Å²) >= 11 is 1.71. The van der Waals surface area contributed by atoms with Crippen molar-refractivity contribution < 1.29 is 9.53 Å². The quantitative estimate of drug-likeness (QED) is 0.364. The van der Waals surface area contributed by atoms with Gasteiger partial charge in [0.2, 0.25) is 0 Å². The summed E-state index contributed by atoms with van der Waals surface area (Å²) in [5.74, 6) is 0.510. The summed E-state index contributed by atoms with van der Waals surface area (Å²) in [6.45, 7) is 7.78. The Morgan fingerprint density at radius 1 is 1.18 bits per heavy atom. The zero-order valence-corrected chi connectivity index (χ0v) is 14.8. The molecule has 0 saturated heterocycles. The zero-order valence-electron chi connectivity index (χ0n) is 14.0. The molecule has 0 aliphatic carbocycles. The van der Waals surface area contributed by atoms with Crippen molar-refractivity contribution in [2.24, 2.45) is 0 Å². The molecular formula is C19H26O2S. The largest absolute Gasteiger partial charge is 0.457 e. The van der Waals surface area contributed by atoms with E-state index in [0.717, 1.165) is 18.6 Å². The number of benzene rings is 1. The van der Waals surface area contributed by atoms with E-state index in [4.69, 9.17) is 4.74 Å². The SMILES string of the molecule is CC(=O)OC(/C=C(\C)CCC=C(C)C)CSc1ccccc1. The Morgan fingerprint density at radius 2 is 1.86 bits per heavy atom. The molecule has 1 atom stereocenters. The average molecular weight is 318 g/mol. The van der Waals surface area contributed by atoms with Crippen molar-refractivity contribution >= 4 is 17.7 Å². The molecule has 0 aromatic heterocycles. The third kappa shape index (κ3) is 8.73. The molecule has 0 fully saturated rings. The second-order valence-electron chi connectivity index (χ2n) is 5.61. The lowest BCUT2D eigenvalue weighted by Gasteiger charge is -2.14. The zero-order chi connectivity index (χ0) is 16.4. The highest BCUT2D eigenvalue weighted by Crippen LogP contribution is 2.20. The standard InChI is InChI=1S/C19H26O2S/c1-15(2)9-8-10-16(3)13-18(21-17(4)20)14-22-19-11-6-5-7-12-19/h5-7,9,11-13,18H,8,10,14H2,1-4H3/b16-13+. The van der Waals surface area contributed by atoms with Crippen LogP contribution in [0.2, 0.25) is 0 Å².